The fourth-order valence-corrected chi connectivity index (χ4v) is 2.09. The maximum atomic E-state index is 10.8. The van der Waals surface area contributed by atoms with Gasteiger partial charge in [-0.2, -0.15) is 0 Å². The third-order valence-corrected chi connectivity index (χ3v) is 3.32. The second kappa shape index (κ2) is 6.02. The predicted molar refractivity (Wildman–Crippen MR) is 65.9 cm³/mol. The lowest BCUT2D eigenvalue weighted by molar-refractivity contribution is -0.142. The molecule has 0 bridgehead atoms. The molecule has 7 heteroatoms. The molecule has 1 aromatic heterocycles. The number of carboxylic acids is 1. The van der Waals surface area contributed by atoms with Gasteiger partial charge in [0.1, 0.15) is 11.4 Å². The molecule has 0 aliphatic heterocycles. The van der Waals surface area contributed by atoms with Crippen LogP contribution in [0.25, 0.3) is 0 Å². The minimum Gasteiger partial charge on any atom is -0.480 e. The molecule has 96 valence electrons. The van der Waals surface area contributed by atoms with Gasteiger partial charge in [-0.25, -0.2) is 4.98 Å². The summed E-state index contributed by atoms with van der Waals surface area (Å²) in [4.78, 5) is 14.9. The standard InChI is InChI=1S/C10H18N4O2S/c1-7-12-9(14-13-7)17-6-4-3-5-10(2,11)8(15)16/h3-6,11H2,1-2H3,(H,15,16)(H,12,13,14). The fourth-order valence-electron chi connectivity index (χ4n) is 1.25. The molecule has 0 aliphatic carbocycles. The summed E-state index contributed by atoms with van der Waals surface area (Å²) in [5, 5.41) is 16.3. The van der Waals surface area contributed by atoms with E-state index in [0.717, 1.165) is 29.6 Å². The number of rotatable bonds is 7. The van der Waals surface area contributed by atoms with Gasteiger partial charge in [0.15, 0.2) is 0 Å². The molecule has 0 aliphatic rings. The Labute approximate surface area is 104 Å². The van der Waals surface area contributed by atoms with E-state index in [2.05, 4.69) is 15.2 Å². The molecule has 6 nitrogen and oxygen atoms in total. The monoisotopic (exact) mass is 258 g/mol. The number of nitrogens with two attached hydrogens (primary N) is 1. The normalized spacial score (nSPS) is 14.5. The minimum atomic E-state index is -1.12. The van der Waals surface area contributed by atoms with Gasteiger partial charge in [-0.3, -0.25) is 9.89 Å². The lowest BCUT2D eigenvalue weighted by Crippen LogP contribution is -2.44. The molecule has 0 saturated carbocycles. The van der Waals surface area contributed by atoms with E-state index >= 15 is 0 Å². The van der Waals surface area contributed by atoms with Gasteiger partial charge in [0, 0.05) is 5.75 Å². The number of aliphatic carboxylic acids is 1. The third-order valence-electron chi connectivity index (χ3n) is 2.39. The number of aromatic amines is 1. The summed E-state index contributed by atoms with van der Waals surface area (Å²) >= 11 is 1.56. The number of H-pyrrole nitrogens is 1. The number of hydrogen-bond acceptors (Lipinski definition) is 5. The Morgan fingerprint density at radius 1 is 1.59 bits per heavy atom. The van der Waals surface area contributed by atoms with Crippen molar-refractivity contribution in [1.29, 1.82) is 0 Å². The molecule has 1 rings (SSSR count). The molecule has 0 aromatic carbocycles. The highest BCUT2D eigenvalue weighted by Gasteiger charge is 2.26. The Bertz CT molecular complexity index is 378. The number of aryl methyl sites for hydroxylation is 1. The molecule has 0 radical (unpaired) electrons. The lowest BCUT2D eigenvalue weighted by atomic mass is 9.97. The van der Waals surface area contributed by atoms with Gasteiger partial charge in [0.05, 0.1) is 0 Å². The van der Waals surface area contributed by atoms with Gasteiger partial charge < -0.3 is 10.8 Å². The Hall–Kier alpha value is -1.08. The molecule has 4 N–H and O–H groups in total. The number of nitrogens with zero attached hydrogens (tertiary/aromatic N) is 2. The van der Waals surface area contributed by atoms with Crippen LogP contribution in [-0.4, -0.2) is 37.5 Å². The maximum absolute atomic E-state index is 10.8. The molecule has 0 amide bonds. The fraction of sp³-hybridized carbons (Fsp3) is 0.700. The maximum Gasteiger partial charge on any atom is 0.323 e. The zero-order valence-electron chi connectivity index (χ0n) is 10.1. The van der Waals surface area contributed by atoms with E-state index in [9.17, 15) is 4.79 Å². The van der Waals surface area contributed by atoms with Crippen LogP contribution in [0.4, 0.5) is 0 Å². The summed E-state index contributed by atoms with van der Waals surface area (Å²) in [7, 11) is 0. The van der Waals surface area contributed by atoms with Gasteiger partial charge in [-0.1, -0.05) is 18.2 Å². The highest BCUT2D eigenvalue weighted by atomic mass is 32.2. The Balaban J connectivity index is 2.15. The van der Waals surface area contributed by atoms with Crippen molar-refractivity contribution < 1.29 is 9.90 Å². The zero-order chi connectivity index (χ0) is 12.9. The van der Waals surface area contributed by atoms with Gasteiger partial charge in [-0.05, 0) is 26.7 Å². The van der Waals surface area contributed by atoms with Crippen LogP contribution in [0.3, 0.4) is 0 Å². The number of carboxylic acid groups (broad SMARTS) is 1. The smallest absolute Gasteiger partial charge is 0.323 e. The first-order valence-electron chi connectivity index (χ1n) is 5.46. The molecule has 0 spiro atoms. The average Bonchev–Trinajstić information content (AvgIpc) is 2.63. The van der Waals surface area contributed by atoms with E-state index < -0.39 is 11.5 Å². The minimum absolute atomic E-state index is 0.482. The topological polar surface area (TPSA) is 105 Å². The molecule has 1 unspecified atom stereocenters. The van der Waals surface area contributed by atoms with E-state index in [1.807, 2.05) is 6.92 Å². The third kappa shape index (κ3) is 4.74. The van der Waals surface area contributed by atoms with E-state index in [1.54, 1.807) is 18.7 Å². The number of hydrogen-bond donors (Lipinski definition) is 3. The second-order valence-corrected chi connectivity index (χ2v) is 5.29. The Morgan fingerprint density at radius 3 is 2.82 bits per heavy atom. The first-order valence-corrected chi connectivity index (χ1v) is 6.44. The molecular weight excluding hydrogens is 240 g/mol. The van der Waals surface area contributed by atoms with Crippen LogP contribution in [0.15, 0.2) is 5.16 Å². The van der Waals surface area contributed by atoms with Gasteiger partial charge in [-0.15, -0.1) is 5.10 Å². The average molecular weight is 258 g/mol. The lowest BCUT2D eigenvalue weighted by Gasteiger charge is -2.18. The van der Waals surface area contributed by atoms with Crippen molar-refractivity contribution in [3.63, 3.8) is 0 Å². The zero-order valence-corrected chi connectivity index (χ0v) is 10.9. The van der Waals surface area contributed by atoms with Crippen LogP contribution in [0.5, 0.6) is 0 Å². The quantitative estimate of drug-likeness (QED) is 0.501. The van der Waals surface area contributed by atoms with E-state index in [0.29, 0.717) is 6.42 Å². The molecule has 1 heterocycles. The summed E-state index contributed by atoms with van der Waals surface area (Å²) in [5.41, 5.74) is 4.50. The molecule has 1 atom stereocenters. The SMILES string of the molecule is Cc1nc(SCCCCC(C)(N)C(=O)O)n[nH]1. The van der Waals surface area contributed by atoms with Crippen molar-refractivity contribution in [3.8, 4) is 0 Å². The second-order valence-electron chi connectivity index (χ2n) is 4.23. The Kier molecular flexibility index (Phi) is 4.95. The molecule has 17 heavy (non-hydrogen) atoms. The number of aromatic nitrogens is 3. The summed E-state index contributed by atoms with van der Waals surface area (Å²) in [6.07, 6.45) is 2.17. The van der Waals surface area contributed by atoms with E-state index in [1.165, 1.54) is 0 Å². The van der Waals surface area contributed by atoms with Crippen LogP contribution in [0.1, 0.15) is 32.0 Å². The molecule has 1 aromatic rings. The van der Waals surface area contributed by atoms with Gasteiger partial charge >= 0.3 is 5.97 Å². The first-order chi connectivity index (χ1) is 7.92. The van der Waals surface area contributed by atoms with Crippen LogP contribution in [0.2, 0.25) is 0 Å². The summed E-state index contributed by atoms with van der Waals surface area (Å²) in [6.45, 7) is 3.39. The van der Waals surface area contributed by atoms with Crippen molar-refractivity contribution in [3.05, 3.63) is 5.82 Å². The highest BCUT2D eigenvalue weighted by Crippen LogP contribution is 2.17. The van der Waals surface area contributed by atoms with Crippen molar-refractivity contribution >= 4 is 17.7 Å². The summed E-state index contributed by atoms with van der Waals surface area (Å²) in [6, 6.07) is 0. The largest absolute Gasteiger partial charge is 0.480 e. The van der Waals surface area contributed by atoms with Crippen molar-refractivity contribution in [2.24, 2.45) is 5.73 Å². The number of nitrogens with one attached hydrogen (secondary N) is 1. The summed E-state index contributed by atoms with van der Waals surface area (Å²) < 4.78 is 0. The number of unbranched alkanes of at least 4 members (excludes halogenated alkanes) is 1. The van der Waals surface area contributed by atoms with Crippen molar-refractivity contribution in [1.82, 2.24) is 15.2 Å². The van der Waals surface area contributed by atoms with Gasteiger partial charge in [0.2, 0.25) is 5.16 Å². The number of thioether (sulfide) groups is 1. The van der Waals surface area contributed by atoms with Crippen LogP contribution >= 0.6 is 11.8 Å². The van der Waals surface area contributed by atoms with Crippen LogP contribution < -0.4 is 5.73 Å². The predicted octanol–water partition coefficient (Wildman–Crippen LogP) is 1.18. The number of carbonyl (C=O) groups is 1. The summed E-state index contributed by atoms with van der Waals surface area (Å²) in [5.74, 6) is 0.718. The molecule has 0 saturated heterocycles. The molecular formula is C10H18N4O2S. The van der Waals surface area contributed by atoms with Crippen LogP contribution in [0, 0.1) is 6.92 Å². The molecule has 0 fully saturated rings. The van der Waals surface area contributed by atoms with Crippen molar-refractivity contribution in [2.45, 2.75) is 43.8 Å². The van der Waals surface area contributed by atoms with Gasteiger partial charge in [0.25, 0.3) is 0 Å². The van der Waals surface area contributed by atoms with Crippen molar-refractivity contribution in [2.75, 3.05) is 5.75 Å². The van der Waals surface area contributed by atoms with Crippen LogP contribution in [-0.2, 0) is 4.79 Å². The van der Waals surface area contributed by atoms with E-state index in [-0.39, 0.29) is 0 Å². The van der Waals surface area contributed by atoms with E-state index in [4.69, 9.17) is 10.8 Å². The first kappa shape index (κ1) is 14.0. The Morgan fingerprint density at radius 2 is 2.29 bits per heavy atom. The highest BCUT2D eigenvalue weighted by molar-refractivity contribution is 7.99.